The first kappa shape index (κ1) is 11.8. The minimum atomic E-state index is 0.0873. The van der Waals surface area contributed by atoms with Crippen molar-refractivity contribution < 1.29 is 4.79 Å². The third-order valence-electron chi connectivity index (χ3n) is 1.90. The van der Waals surface area contributed by atoms with Crippen molar-refractivity contribution in [2.45, 2.75) is 30.4 Å². The molecule has 0 spiro atoms. The highest BCUT2D eigenvalue weighted by Crippen LogP contribution is 2.27. The predicted molar refractivity (Wildman–Crippen MR) is 64.8 cm³/mol. The van der Waals surface area contributed by atoms with Gasteiger partial charge in [-0.2, -0.15) is 0 Å². The van der Waals surface area contributed by atoms with Crippen LogP contribution in [0, 0.1) is 0 Å². The topological polar surface area (TPSA) is 17.1 Å². The number of hydrogen-bond acceptors (Lipinski definition) is 2. The molecule has 1 aromatic rings. The zero-order chi connectivity index (χ0) is 10.6. The van der Waals surface area contributed by atoms with Crippen LogP contribution in [-0.2, 0) is 4.79 Å². The molecule has 0 heterocycles. The highest BCUT2D eigenvalue weighted by molar-refractivity contribution is 9.10. The molecule has 0 aromatic heterocycles. The fourth-order valence-corrected chi connectivity index (χ4v) is 2.72. The maximum atomic E-state index is 11.2. The number of Topliss-reactive ketones (excluding diaryl/α,β-unsaturated/α-hetero) is 1. The lowest BCUT2D eigenvalue weighted by molar-refractivity contribution is -0.116. The number of ketones is 1. The maximum absolute atomic E-state index is 11.2. The van der Waals surface area contributed by atoms with Crippen LogP contribution < -0.4 is 0 Å². The van der Waals surface area contributed by atoms with E-state index in [-0.39, 0.29) is 11.0 Å². The van der Waals surface area contributed by atoms with E-state index < -0.39 is 0 Å². The molecule has 0 fully saturated rings. The van der Waals surface area contributed by atoms with Gasteiger partial charge < -0.3 is 0 Å². The Kier molecular flexibility index (Phi) is 4.69. The summed E-state index contributed by atoms with van der Waals surface area (Å²) in [6.45, 7) is 3.69. The predicted octanol–water partition coefficient (Wildman–Crippen LogP) is 3.91. The molecule has 14 heavy (non-hydrogen) atoms. The fourth-order valence-electron chi connectivity index (χ4n) is 1.16. The Morgan fingerprint density at radius 1 is 1.57 bits per heavy atom. The third-order valence-corrected chi connectivity index (χ3v) is 3.87. The molecule has 0 N–H and O–H groups in total. The number of carbonyl (C=O) groups is 1. The van der Waals surface area contributed by atoms with Crippen LogP contribution in [0.3, 0.4) is 0 Å². The smallest absolute Gasteiger partial charge is 0.143 e. The largest absolute Gasteiger partial charge is 0.299 e. The first-order chi connectivity index (χ1) is 6.63. The monoisotopic (exact) mass is 272 g/mol. The second-order valence-corrected chi connectivity index (χ2v) is 5.27. The number of carbonyl (C=O) groups excluding carboxylic acids is 1. The van der Waals surface area contributed by atoms with Crippen LogP contribution in [0.15, 0.2) is 33.6 Å². The third kappa shape index (κ3) is 3.46. The molecule has 3 heteroatoms. The lowest BCUT2D eigenvalue weighted by Gasteiger charge is -2.10. The number of halogens is 1. The molecule has 0 aliphatic rings. The van der Waals surface area contributed by atoms with Gasteiger partial charge in [-0.05, 0) is 31.5 Å². The van der Waals surface area contributed by atoms with Gasteiger partial charge in [0.25, 0.3) is 0 Å². The Labute approximate surface area is 97.4 Å². The lowest BCUT2D eigenvalue weighted by atomic mass is 10.2. The minimum Gasteiger partial charge on any atom is -0.299 e. The summed E-state index contributed by atoms with van der Waals surface area (Å²) in [4.78, 5) is 12.4. The SMILES string of the molecule is CCC(Sc1cccc(Br)c1)C(C)=O. The molecular weight excluding hydrogens is 260 g/mol. The van der Waals surface area contributed by atoms with Gasteiger partial charge in [0.1, 0.15) is 5.78 Å². The van der Waals surface area contributed by atoms with Crippen LogP contribution in [0.25, 0.3) is 0 Å². The second kappa shape index (κ2) is 5.56. The van der Waals surface area contributed by atoms with Crippen molar-refractivity contribution in [2.75, 3.05) is 0 Å². The van der Waals surface area contributed by atoms with E-state index in [1.807, 2.05) is 31.2 Å². The summed E-state index contributed by atoms with van der Waals surface area (Å²) in [6.07, 6.45) is 0.881. The lowest BCUT2D eigenvalue weighted by Crippen LogP contribution is -2.11. The molecule has 1 atom stereocenters. The van der Waals surface area contributed by atoms with Gasteiger partial charge in [0, 0.05) is 9.37 Å². The van der Waals surface area contributed by atoms with Crippen molar-refractivity contribution in [1.29, 1.82) is 0 Å². The van der Waals surface area contributed by atoms with E-state index in [4.69, 9.17) is 0 Å². The summed E-state index contributed by atoms with van der Waals surface area (Å²) in [5, 5.41) is 0.0873. The number of hydrogen-bond donors (Lipinski definition) is 0. The molecular formula is C11H13BrOS. The van der Waals surface area contributed by atoms with Gasteiger partial charge in [-0.1, -0.05) is 28.9 Å². The van der Waals surface area contributed by atoms with Crippen molar-refractivity contribution in [1.82, 2.24) is 0 Å². The molecule has 1 nitrogen and oxygen atoms in total. The van der Waals surface area contributed by atoms with Gasteiger partial charge in [-0.15, -0.1) is 11.8 Å². The molecule has 1 unspecified atom stereocenters. The fraction of sp³-hybridized carbons (Fsp3) is 0.364. The highest BCUT2D eigenvalue weighted by Gasteiger charge is 2.12. The first-order valence-electron chi connectivity index (χ1n) is 4.56. The summed E-state index contributed by atoms with van der Waals surface area (Å²) >= 11 is 5.04. The van der Waals surface area contributed by atoms with Crippen LogP contribution in [0.1, 0.15) is 20.3 Å². The summed E-state index contributed by atoms with van der Waals surface area (Å²) in [5.41, 5.74) is 0. The molecule has 76 valence electrons. The molecule has 0 saturated heterocycles. The van der Waals surface area contributed by atoms with Crippen molar-refractivity contribution >= 4 is 33.5 Å². The molecule has 1 rings (SSSR count). The highest BCUT2D eigenvalue weighted by atomic mass is 79.9. The van der Waals surface area contributed by atoms with Gasteiger partial charge in [0.05, 0.1) is 5.25 Å². The van der Waals surface area contributed by atoms with E-state index in [0.717, 1.165) is 15.8 Å². The van der Waals surface area contributed by atoms with Gasteiger partial charge >= 0.3 is 0 Å². The molecule has 0 aliphatic heterocycles. The number of benzene rings is 1. The molecule has 0 amide bonds. The van der Waals surface area contributed by atoms with E-state index in [1.54, 1.807) is 18.7 Å². The molecule has 1 aromatic carbocycles. The van der Waals surface area contributed by atoms with Gasteiger partial charge in [0.15, 0.2) is 0 Å². The van der Waals surface area contributed by atoms with Crippen molar-refractivity contribution in [3.05, 3.63) is 28.7 Å². The summed E-state index contributed by atoms with van der Waals surface area (Å²) in [6, 6.07) is 8.04. The minimum absolute atomic E-state index is 0.0873. The number of thioether (sulfide) groups is 1. The van der Waals surface area contributed by atoms with Gasteiger partial charge in [0.2, 0.25) is 0 Å². The second-order valence-electron chi connectivity index (χ2n) is 3.08. The number of rotatable bonds is 4. The van der Waals surface area contributed by atoms with Crippen LogP contribution >= 0.6 is 27.7 Å². The average molecular weight is 273 g/mol. The quantitative estimate of drug-likeness (QED) is 0.774. The van der Waals surface area contributed by atoms with E-state index >= 15 is 0 Å². The normalized spacial score (nSPS) is 12.5. The van der Waals surface area contributed by atoms with Crippen molar-refractivity contribution in [2.24, 2.45) is 0 Å². The van der Waals surface area contributed by atoms with E-state index in [1.165, 1.54) is 0 Å². The van der Waals surface area contributed by atoms with Crippen LogP contribution in [0.5, 0.6) is 0 Å². The average Bonchev–Trinajstić information content (AvgIpc) is 2.14. The van der Waals surface area contributed by atoms with Gasteiger partial charge in [-0.3, -0.25) is 4.79 Å². The Morgan fingerprint density at radius 2 is 2.29 bits per heavy atom. The standard InChI is InChI=1S/C11H13BrOS/c1-3-11(8(2)13)14-10-6-4-5-9(12)7-10/h4-7,11H,3H2,1-2H3. The zero-order valence-electron chi connectivity index (χ0n) is 8.29. The van der Waals surface area contributed by atoms with E-state index in [2.05, 4.69) is 15.9 Å². The van der Waals surface area contributed by atoms with Crippen LogP contribution in [0.2, 0.25) is 0 Å². The molecule has 0 saturated carbocycles. The maximum Gasteiger partial charge on any atom is 0.143 e. The molecule has 0 aliphatic carbocycles. The summed E-state index contributed by atoms with van der Waals surface area (Å²) in [7, 11) is 0. The Morgan fingerprint density at radius 3 is 2.79 bits per heavy atom. The molecule has 0 bridgehead atoms. The van der Waals surface area contributed by atoms with Crippen molar-refractivity contribution in [3.8, 4) is 0 Å². The first-order valence-corrected chi connectivity index (χ1v) is 6.23. The summed E-state index contributed by atoms with van der Waals surface area (Å²) < 4.78 is 1.06. The zero-order valence-corrected chi connectivity index (χ0v) is 10.7. The molecule has 0 radical (unpaired) electrons. The Balaban J connectivity index is 2.72. The van der Waals surface area contributed by atoms with Crippen molar-refractivity contribution in [3.63, 3.8) is 0 Å². The van der Waals surface area contributed by atoms with E-state index in [0.29, 0.717) is 0 Å². The Bertz CT molecular complexity index is 325. The Hall–Kier alpha value is -0.280. The van der Waals surface area contributed by atoms with E-state index in [9.17, 15) is 4.79 Å². The summed E-state index contributed by atoms with van der Waals surface area (Å²) in [5.74, 6) is 0.248. The van der Waals surface area contributed by atoms with Crippen LogP contribution in [0.4, 0.5) is 0 Å². The van der Waals surface area contributed by atoms with Gasteiger partial charge in [-0.25, -0.2) is 0 Å². The van der Waals surface area contributed by atoms with Crippen LogP contribution in [-0.4, -0.2) is 11.0 Å².